The van der Waals surface area contributed by atoms with Gasteiger partial charge in [-0.15, -0.1) is 0 Å². The molecule has 0 aromatic heterocycles. The fourth-order valence-electron chi connectivity index (χ4n) is 0.357. The van der Waals surface area contributed by atoms with Crippen molar-refractivity contribution >= 4 is 0 Å². The summed E-state index contributed by atoms with van der Waals surface area (Å²) < 4.78 is 0. The Morgan fingerprint density at radius 1 is 1.40 bits per heavy atom. The highest BCUT2D eigenvalue weighted by atomic mass is 16.3. The Balaban J connectivity index is 4.07. The largest absolute Gasteiger partial charge is 0.378 e. The molecule has 1 nitrogen and oxygen atoms in total. The third kappa shape index (κ3) is 7.26. The first-order chi connectivity index (χ1) is 4.42. The van der Waals surface area contributed by atoms with Crippen molar-refractivity contribution in [3.05, 3.63) is 11.6 Å². The van der Waals surface area contributed by atoms with Gasteiger partial charge in [-0.1, -0.05) is 17.4 Å². The molecule has 0 heterocycles. The quantitative estimate of drug-likeness (QED) is 0.505. The van der Waals surface area contributed by atoms with E-state index >= 15 is 0 Å². The van der Waals surface area contributed by atoms with E-state index in [9.17, 15) is 0 Å². The van der Waals surface area contributed by atoms with Crippen LogP contribution in [0, 0.1) is 11.8 Å². The number of aliphatic hydroxyl groups is 1. The Labute approximate surface area is 62.8 Å². The van der Waals surface area contributed by atoms with Crippen molar-refractivity contribution < 1.29 is 5.11 Å². The fourth-order valence-corrected chi connectivity index (χ4v) is 0.357. The van der Waals surface area contributed by atoms with Crippen LogP contribution in [0.5, 0.6) is 0 Å². The van der Waals surface area contributed by atoms with E-state index in [2.05, 4.69) is 11.8 Å². The van der Waals surface area contributed by atoms with Crippen molar-refractivity contribution in [1.82, 2.24) is 0 Å². The standard InChI is InChI=1S/C9H14O/c1-8(2)6-5-7-9(3,4)10/h6,10H,1-4H3. The molecule has 0 amide bonds. The van der Waals surface area contributed by atoms with Crippen LogP contribution in [0.4, 0.5) is 0 Å². The molecule has 0 radical (unpaired) electrons. The summed E-state index contributed by atoms with van der Waals surface area (Å²) in [7, 11) is 0. The second-order valence-electron chi connectivity index (χ2n) is 3.05. The summed E-state index contributed by atoms with van der Waals surface area (Å²) in [5.74, 6) is 5.45. The highest BCUT2D eigenvalue weighted by molar-refractivity contribution is 5.22. The zero-order valence-corrected chi connectivity index (χ0v) is 7.02. The summed E-state index contributed by atoms with van der Waals surface area (Å²) in [6, 6.07) is 0. The van der Waals surface area contributed by atoms with Crippen molar-refractivity contribution in [1.29, 1.82) is 0 Å². The molecule has 0 aliphatic carbocycles. The van der Waals surface area contributed by atoms with Gasteiger partial charge in [0.2, 0.25) is 0 Å². The van der Waals surface area contributed by atoms with Crippen molar-refractivity contribution in [2.75, 3.05) is 0 Å². The van der Waals surface area contributed by atoms with Crippen molar-refractivity contribution in [3.63, 3.8) is 0 Å². The molecule has 0 bridgehead atoms. The van der Waals surface area contributed by atoms with Crippen LogP contribution in [0.3, 0.4) is 0 Å². The van der Waals surface area contributed by atoms with Gasteiger partial charge in [0.15, 0.2) is 0 Å². The van der Waals surface area contributed by atoms with Crippen LogP contribution in [0.1, 0.15) is 27.7 Å². The highest BCUT2D eigenvalue weighted by Crippen LogP contribution is 1.96. The van der Waals surface area contributed by atoms with Gasteiger partial charge in [-0.25, -0.2) is 0 Å². The Kier molecular flexibility index (Phi) is 3.18. The number of hydrogen-bond donors (Lipinski definition) is 1. The molecule has 0 aromatic rings. The topological polar surface area (TPSA) is 20.2 Å². The average Bonchev–Trinajstić information content (AvgIpc) is 1.59. The molecule has 1 N–H and O–H groups in total. The molecule has 0 unspecified atom stereocenters. The minimum absolute atomic E-state index is 0.869. The zero-order valence-electron chi connectivity index (χ0n) is 7.02. The lowest BCUT2D eigenvalue weighted by Crippen LogP contribution is -2.14. The smallest absolute Gasteiger partial charge is 0.120 e. The molecule has 0 aliphatic heterocycles. The van der Waals surface area contributed by atoms with Gasteiger partial charge in [-0.3, -0.25) is 0 Å². The predicted molar refractivity (Wildman–Crippen MR) is 43.5 cm³/mol. The van der Waals surface area contributed by atoms with Crippen LogP contribution in [-0.4, -0.2) is 10.7 Å². The maximum atomic E-state index is 9.13. The van der Waals surface area contributed by atoms with Gasteiger partial charge in [-0.05, 0) is 33.8 Å². The fraction of sp³-hybridized carbons (Fsp3) is 0.556. The number of allylic oxidation sites excluding steroid dienone is 2. The van der Waals surface area contributed by atoms with E-state index in [1.54, 1.807) is 19.9 Å². The van der Waals surface area contributed by atoms with Crippen LogP contribution in [0.2, 0.25) is 0 Å². The number of hydrogen-bond acceptors (Lipinski definition) is 1. The van der Waals surface area contributed by atoms with E-state index in [1.165, 1.54) is 0 Å². The number of rotatable bonds is 0. The Bertz CT molecular complexity index is 179. The molecular formula is C9H14O. The van der Waals surface area contributed by atoms with E-state index in [0.717, 1.165) is 5.57 Å². The van der Waals surface area contributed by atoms with Crippen LogP contribution in [0.25, 0.3) is 0 Å². The lowest BCUT2D eigenvalue weighted by Gasteiger charge is -2.05. The van der Waals surface area contributed by atoms with Crippen LogP contribution < -0.4 is 0 Å². The van der Waals surface area contributed by atoms with Gasteiger partial charge in [0.25, 0.3) is 0 Å². The molecular weight excluding hydrogens is 124 g/mol. The van der Waals surface area contributed by atoms with E-state index in [1.807, 2.05) is 13.8 Å². The molecule has 0 fully saturated rings. The molecule has 0 saturated carbocycles. The third-order valence-electron chi connectivity index (χ3n) is 0.739. The van der Waals surface area contributed by atoms with Crippen LogP contribution >= 0.6 is 0 Å². The van der Waals surface area contributed by atoms with Gasteiger partial charge in [0.05, 0.1) is 0 Å². The molecule has 0 aliphatic rings. The minimum atomic E-state index is -0.869. The Morgan fingerprint density at radius 2 is 1.90 bits per heavy atom. The summed E-state index contributed by atoms with van der Waals surface area (Å²) >= 11 is 0. The SMILES string of the molecule is CC(C)=CC#CC(C)(C)O. The highest BCUT2D eigenvalue weighted by Gasteiger charge is 2.04. The van der Waals surface area contributed by atoms with Gasteiger partial charge < -0.3 is 5.11 Å². The zero-order chi connectivity index (χ0) is 8.20. The van der Waals surface area contributed by atoms with Crippen LogP contribution in [0.15, 0.2) is 11.6 Å². The molecule has 0 saturated heterocycles. The third-order valence-corrected chi connectivity index (χ3v) is 0.739. The van der Waals surface area contributed by atoms with Gasteiger partial charge >= 0.3 is 0 Å². The molecule has 0 atom stereocenters. The summed E-state index contributed by atoms with van der Waals surface area (Å²) in [6.07, 6.45) is 1.79. The van der Waals surface area contributed by atoms with Crippen molar-refractivity contribution in [3.8, 4) is 11.8 Å². The molecule has 10 heavy (non-hydrogen) atoms. The molecule has 56 valence electrons. The maximum absolute atomic E-state index is 9.13. The minimum Gasteiger partial charge on any atom is -0.378 e. The summed E-state index contributed by atoms with van der Waals surface area (Å²) in [5, 5.41) is 9.13. The average molecular weight is 138 g/mol. The van der Waals surface area contributed by atoms with Gasteiger partial charge in [-0.2, -0.15) is 0 Å². The van der Waals surface area contributed by atoms with Gasteiger partial charge in [0, 0.05) is 0 Å². The predicted octanol–water partition coefficient (Wildman–Crippen LogP) is 1.73. The first kappa shape index (κ1) is 9.26. The van der Waals surface area contributed by atoms with E-state index in [4.69, 9.17) is 5.11 Å². The first-order valence-electron chi connectivity index (χ1n) is 3.30. The van der Waals surface area contributed by atoms with Crippen molar-refractivity contribution in [2.24, 2.45) is 0 Å². The van der Waals surface area contributed by atoms with E-state index in [-0.39, 0.29) is 0 Å². The monoisotopic (exact) mass is 138 g/mol. The summed E-state index contributed by atoms with van der Waals surface area (Å²) in [5.41, 5.74) is 0.281. The molecule has 0 aromatic carbocycles. The van der Waals surface area contributed by atoms with Crippen LogP contribution in [-0.2, 0) is 0 Å². The first-order valence-corrected chi connectivity index (χ1v) is 3.30. The normalized spacial score (nSPS) is 9.70. The van der Waals surface area contributed by atoms with Crippen molar-refractivity contribution in [2.45, 2.75) is 33.3 Å². The Morgan fingerprint density at radius 3 is 2.20 bits per heavy atom. The summed E-state index contributed by atoms with van der Waals surface area (Å²) in [6.45, 7) is 7.27. The van der Waals surface area contributed by atoms with E-state index in [0.29, 0.717) is 0 Å². The maximum Gasteiger partial charge on any atom is 0.120 e. The molecule has 0 rings (SSSR count). The molecule has 0 spiro atoms. The molecule has 1 heteroatoms. The second-order valence-corrected chi connectivity index (χ2v) is 3.05. The lowest BCUT2D eigenvalue weighted by molar-refractivity contribution is 0.143. The summed E-state index contributed by atoms with van der Waals surface area (Å²) in [4.78, 5) is 0. The Hall–Kier alpha value is -0.740. The van der Waals surface area contributed by atoms with Gasteiger partial charge in [0.1, 0.15) is 5.60 Å². The lowest BCUT2D eigenvalue weighted by atomic mass is 10.1. The second kappa shape index (κ2) is 3.43. The van der Waals surface area contributed by atoms with E-state index < -0.39 is 5.60 Å².